The fourth-order valence-electron chi connectivity index (χ4n) is 4.12. The number of nitrogens with two attached hydrogens (primary N) is 1. The van der Waals surface area contributed by atoms with Crippen LogP contribution in [0.15, 0.2) is 53.8 Å². The second-order valence-electron chi connectivity index (χ2n) is 8.18. The van der Waals surface area contributed by atoms with E-state index in [0.29, 0.717) is 11.8 Å². The summed E-state index contributed by atoms with van der Waals surface area (Å²) in [6.07, 6.45) is 15.8. The lowest BCUT2D eigenvalue weighted by Crippen LogP contribution is -2.32. The van der Waals surface area contributed by atoms with Gasteiger partial charge in [-0.1, -0.05) is 61.0 Å². The molecule has 5 nitrogen and oxygen atoms in total. The Labute approximate surface area is 178 Å². The van der Waals surface area contributed by atoms with Crippen LogP contribution in [0.4, 0.5) is 0 Å². The highest BCUT2D eigenvalue weighted by Gasteiger charge is 2.14. The molecule has 1 unspecified atom stereocenters. The smallest absolute Gasteiger partial charge is 0.170 e. The van der Waals surface area contributed by atoms with Crippen LogP contribution in [0.25, 0.3) is 12.2 Å². The van der Waals surface area contributed by atoms with Gasteiger partial charge in [-0.25, -0.2) is 0 Å². The molecular formula is C25H32N4O. The molecule has 158 valence electrons. The van der Waals surface area contributed by atoms with Gasteiger partial charge in [0.25, 0.3) is 0 Å². The Morgan fingerprint density at radius 2 is 2.00 bits per heavy atom. The van der Waals surface area contributed by atoms with Crippen molar-refractivity contribution < 1.29 is 4.84 Å². The summed E-state index contributed by atoms with van der Waals surface area (Å²) < 4.78 is 2.30. The molecule has 2 aliphatic rings. The zero-order valence-electron chi connectivity index (χ0n) is 17.8. The maximum atomic E-state index is 6.13. The Hall–Kier alpha value is -2.79. The Morgan fingerprint density at radius 3 is 2.77 bits per heavy atom. The van der Waals surface area contributed by atoms with E-state index in [0.717, 1.165) is 38.0 Å². The molecule has 1 saturated heterocycles. The van der Waals surface area contributed by atoms with E-state index in [2.05, 4.69) is 70.7 Å². The predicted octanol–water partition coefficient (Wildman–Crippen LogP) is 2.47. The van der Waals surface area contributed by atoms with Crippen molar-refractivity contribution in [2.75, 3.05) is 13.1 Å². The summed E-state index contributed by atoms with van der Waals surface area (Å²) >= 11 is 0. The lowest BCUT2D eigenvalue weighted by molar-refractivity contribution is 0.0375. The van der Waals surface area contributed by atoms with Gasteiger partial charge >= 0.3 is 0 Å². The number of benzene rings is 1. The van der Waals surface area contributed by atoms with Gasteiger partial charge in [0.15, 0.2) is 5.84 Å². The lowest BCUT2D eigenvalue weighted by atomic mass is 10.0. The number of oxime groups is 1. The van der Waals surface area contributed by atoms with Crippen LogP contribution >= 0.6 is 0 Å². The highest BCUT2D eigenvalue weighted by Crippen LogP contribution is 2.12. The molecule has 2 heterocycles. The lowest BCUT2D eigenvalue weighted by Gasteiger charge is -2.20. The molecule has 3 N–H and O–H groups in total. The Morgan fingerprint density at radius 1 is 1.20 bits per heavy atom. The number of fused-ring (bicyclic) bond motifs is 1. The van der Waals surface area contributed by atoms with Crippen molar-refractivity contribution in [3.63, 3.8) is 0 Å². The third-order valence-electron chi connectivity index (χ3n) is 5.86. The van der Waals surface area contributed by atoms with Crippen molar-refractivity contribution in [2.24, 2.45) is 16.8 Å². The average Bonchev–Trinajstić information content (AvgIpc) is 3.02. The first-order valence-corrected chi connectivity index (χ1v) is 11.1. The van der Waals surface area contributed by atoms with Crippen LogP contribution in [0.1, 0.15) is 43.7 Å². The standard InChI is InChI=1S/C25H32N4O/c1-2-4-19-5-3-6-24-22(17-19)13-16-29(24)18-20-7-9-21(10-8-20)25(26)28-30-23-11-14-27-15-12-23/h3,5-10,13,16-17,19,23,27H,2,4,11-12,14-15,18H2,1H3,(H2,26,28). The minimum absolute atomic E-state index is 0.159. The van der Waals surface area contributed by atoms with Gasteiger partial charge < -0.3 is 20.5 Å². The van der Waals surface area contributed by atoms with Crippen molar-refractivity contribution in [1.29, 1.82) is 0 Å². The molecule has 5 heteroatoms. The summed E-state index contributed by atoms with van der Waals surface area (Å²) in [5.41, 5.74) is 8.26. The minimum atomic E-state index is 0.159. The number of hydrogen-bond acceptors (Lipinski definition) is 3. The number of aromatic nitrogens is 1. The van der Waals surface area contributed by atoms with Crippen molar-refractivity contribution in [3.05, 3.63) is 70.4 Å². The normalized spacial score (nSPS) is 19.5. The number of allylic oxidation sites excluding steroid dienone is 2. The summed E-state index contributed by atoms with van der Waals surface area (Å²) in [5.74, 6) is 0.960. The summed E-state index contributed by atoms with van der Waals surface area (Å²) in [6.45, 7) is 5.02. The summed E-state index contributed by atoms with van der Waals surface area (Å²) in [6, 6.07) is 10.5. The number of hydrogen-bond donors (Lipinski definition) is 2. The summed E-state index contributed by atoms with van der Waals surface area (Å²) in [5, 5.41) is 10.1. The molecule has 0 bridgehead atoms. The molecule has 0 saturated carbocycles. The molecule has 1 fully saturated rings. The van der Waals surface area contributed by atoms with Crippen molar-refractivity contribution in [1.82, 2.24) is 9.88 Å². The van der Waals surface area contributed by atoms with Gasteiger partial charge in [0, 0.05) is 23.7 Å². The van der Waals surface area contributed by atoms with E-state index < -0.39 is 0 Å². The van der Waals surface area contributed by atoms with Gasteiger partial charge in [-0.3, -0.25) is 0 Å². The summed E-state index contributed by atoms with van der Waals surface area (Å²) in [7, 11) is 0. The number of nitrogens with zero attached hydrogens (tertiary/aromatic N) is 2. The number of rotatable bonds is 7. The molecular weight excluding hydrogens is 372 g/mol. The largest absolute Gasteiger partial charge is 0.391 e. The third kappa shape index (κ3) is 5.03. The first-order chi connectivity index (χ1) is 14.7. The molecule has 30 heavy (non-hydrogen) atoms. The van der Waals surface area contributed by atoms with Crippen LogP contribution in [0, 0.1) is 5.92 Å². The molecule has 1 aliphatic carbocycles. The van der Waals surface area contributed by atoms with E-state index in [1.165, 1.54) is 29.0 Å². The zero-order chi connectivity index (χ0) is 20.8. The highest BCUT2D eigenvalue weighted by atomic mass is 16.6. The second-order valence-corrected chi connectivity index (χ2v) is 8.18. The predicted molar refractivity (Wildman–Crippen MR) is 123 cm³/mol. The van der Waals surface area contributed by atoms with Gasteiger partial charge in [-0.05, 0) is 61.2 Å². The molecule has 1 atom stereocenters. The Kier molecular flexibility index (Phi) is 6.70. The first-order valence-electron chi connectivity index (χ1n) is 11.1. The van der Waals surface area contributed by atoms with Gasteiger partial charge in [0.2, 0.25) is 0 Å². The van der Waals surface area contributed by atoms with Gasteiger partial charge in [-0.2, -0.15) is 0 Å². The van der Waals surface area contributed by atoms with Crippen LogP contribution in [-0.4, -0.2) is 29.6 Å². The van der Waals surface area contributed by atoms with E-state index in [9.17, 15) is 0 Å². The molecule has 1 aliphatic heterocycles. The molecule has 1 aromatic carbocycles. The maximum Gasteiger partial charge on any atom is 0.170 e. The molecule has 2 aromatic rings. The molecule has 4 rings (SSSR count). The SMILES string of the molecule is CCCC1C=CC=c2c(ccn2Cc2ccc(/C(N)=N/OC3CCNCC3)cc2)=C1. The van der Waals surface area contributed by atoms with Crippen LogP contribution in [0.2, 0.25) is 0 Å². The van der Waals surface area contributed by atoms with Crippen molar-refractivity contribution >= 4 is 18.0 Å². The first kappa shape index (κ1) is 20.5. The third-order valence-corrected chi connectivity index (χ3v) is 5.86. The van der Waals surface area contributed by atoms with Crippen LogP contribution in [0.5, 0.6) is 0 Å². The van der Waals surface area contributed by atoms with E-state index in [1.807, 2.05) is 12.1 Å². The average molecular weight is 405 g/mol. The second kappa shape index (κ2) is 9.81. The van der Waals surface area contributed by atoms with Gasteiger partial charge in [0.05, 0.1) is 0 Å². The fraction of sp³-hybridized carbons (Fsp3) is 0.400. The van der Waals surface area contributed by atoms with Crippen molar-refractivity contribution in [2.45, 2.75) is 45.3 Å². The van der Waals surface area contributed by atoms with Crippen molar-refractivity contribution in [3.8, 4) is 0 Å². The summed E-state index contributed by atoms with van der Waals surface area (Å²) in [4.78, 5) is 5.62. The van der Waals surface area contributed by atoms with E-state index in [4.69, 9.17) is 10.6 Å². The highest BCUT2D eigenvalue weighted by molar-refractivity contribution is 5.97. The van der Waals surface area contributed by atoms with E-state index in [1.54, 1.807) is 0 Å². The van der Waals surface area contributed by atoms with E-state index >= 15 is 0 Å². The number of amidine groups is 1. The Bertz CT molecular complexity index is 1010. The molecule has 0 spiro atoms. The number of piperidine rings is 1. The van der Waals surface area contributed by atoms with Gasteiger partial charge in [-0.15, -0.1) is 0 Å². The molecule has 1 aromatic heterocycles. The Balaban J connectivity index is 1.44. The maximum absolute atomic E-state index is 6.13. The fourth-order valence-corrected chi connectivity index (χ4v) is 4.12. The topological polar surface area (TPSA) is 64.6 Å². The van der Waals surface area contributed by atoms with Crippen LogP contribution in [0.3, 0.4) is 0 Å². The molecule has 0 radical (unpaired) electrons. The minimum Gasteiger partial charge on any atom is -0.391 e. The van der Waals surface area contributed by atoms with Crippen LogP contribution < -0.4 is 21.6 Å². The monoisotopic (exact) mass is 404 g/mol. The van der Waals surface area contributed by atoms with Crippen LogP contribution in [-0.2, 0) is 11.4 Å². The zero-order valence-corrected chi connectivity index (χ0v) is 17.8. The quantitative estimate of drug-likeness (QED) is 0.423. The van der Waals surface area contributed by atoms with Gasteiger partial charge in [0.1, 0.15) is 6.10 Å². The number of nitrogens with one attached hydrogen (secondary N) is 1. The van der Waals surface area contributed by atoms with E-state index in [-0.39, 0.29) is 6.10 Å². The molecule has 0 amide bonds.